The lowest BCUT2D eigenvalue weighted by molar-refractivity contribution is 0.0138. The zero-order valence-electron chi connectivity index (χ0n) is 9.84. The van der Waals surface area contributed by atoms with Gasteiger partial charge < -0.3 is 9.84 Å². The summed E-state index contributed by atoms with van der Waals surface area (Å²) < 4.78 is 31.6. The van der Waals surface area contributed by atoms with Gasteiger partial charge >= 0.3 is 0 Å². The summed E-state index contributed by atoms with van der Waals surface area (Å²) in [6.45, 7) is 3.86. The first kappa shape index (κ1) is 12.9. The first-order chi connectivity index (χ1) is 7.18. The molecule has 0 unspecified atom stereocenters. The molecule has 0 aliphatic rings. The van der Waals surface area contributed by atoms with Crippen molar-refractivity contribution in [1.29, 1.82) is 0 Å². The molecule has 1 N–H and O–H groups in total. The Labute approximate surface area is 93.9 Å². The smallest absolute Gasteiger partial charge is 0.274 e. The second-order valence-electron chi connectivity index (χ2n) is 4.33. The Bertz CT molecular complexity index is 343. The average Bonchev–Trinajstić information content (AvgIpc) is 2.13. The molecule has 0 radical (unpaired) electrons. The summed E-state index contributed by atoms with van der Waals surface area (Å²) in [6, 6.07) is 4.37. The molecule has 1 aromatic carbocycles. The van der Waals surface area contributed by atoms with Crippen LogP contribution in [0, 0.1) is 0 Å². The molecule has 0 heterocycles. The molecule has 0 saturated carbocycles. The van der Waals surface area contributed by atoms with Gasteiger partial charge in [-0.2, -0.15) is 0 Å². The van der Waals surface area contributed by atoms with Gasteiger partial charge in [0.05, 0.1) is 18.3 Å². The Kier molecular flexibility index (Phi) is 3.24. The minimum absolute atomic E-state index is 0.0440. The van der Waals surface area contributed by atoms with Gasteiger partial charge in [-0.15, -0.1) is 0 Å². The van der Waals surface area contributed by atoms with Gasteiger partial charge in [0.15, 0.2) is 0 Å². The van der Waals surface area contributed by atoms with Gasteiger partial charge in [-0.05, 0) is 19.9 Å². The van der Waals surface area contributed by atoms with Crippen molar-refractivity contribution >= 4 is 0 Å². The van der Waals surface area contributed by atoms with Gasteiger partial charge in [0.1, 0.15) is 5.75 Å². The highest BCUT2D eigenvalue weighted by atomic mass is 19.3. The van der Waals surface area contributed by atoms with Crippen molar-refractivity contribution in [3.8, 4) is 5.75 Å². The lowest BCUT2D eigenvalue weighted by atomic mass is 9.93. The minimum Gasteiger partial charge on any atom is -0.496 e. The zero-order chi connectivity index (χ0) is 12.6. The molecule has 1 aromatic rings. The third-order valence-corrected chi connectivity index (χ3v) is 2.35. The number of halogens is 2. The van der Waals surface area contributed by atoms with E-state index in [1.165, 1.54) is 33.1 Å². The molecule has 90 valence electrons. The predicted octanol–water partition coefficient (Wildman–Crippen LogP) is 3.03. The van der Waals surface area contributed by atoms with Crippen molar-refractivity contribution in [3.05, 3.63) is 29.3 Å². The van der Waals surface area contributed by atoms with Gasteiger partial charge in [0, 0.05) is 12.5 Å². The van der Waals surface area contributed by atoms with Crippen molar-refractivity contribution < 1.29 is 18.6 Å². The molecule has 0 spiro atoms. The largest absolute Gasteiger partial charge is 0.496 e. The van der Waals surface area contributed by atoms with E-state index < -0.39 is 11.5 Å². The van der Waals surface area contributed by atoms with Gasteiger partial charge in [-0.3, -0.25) is 0 Å². The van der Waals surface area contributed by atoms with Crippen LogP contribution in [0.15, 0.2) is 18.2 Å². The first-order valence-electron chi connectivity index (χ1n) is 4.96. The number of benzene rings is 1. The summed E-state index contributed by atoms with van der Waals surface area (Å²) in [6.07, 6.45) is 0. The van der Waals surface area contributed by atoms with Crippen molar-refractivity contribution in [2.45, 2.75) is 32.3 Å². The van der Waals surface area contributed by atoms with Crippen LogP contribution in [0.3, 0.4) is 0 Å². The molecule has 0 aliphatic carbocycles. The van der Waals surface area contributed by atoms with Crippen molar-refractivity contribution in [3.63, 3.8) is 0 Å². The van der Waals surface area contributed by atoms with E-state index in [0.717, 1.165) is 6.92 Å². The predicted molar refractivity (Wildman–Crippen MR) is 57.8 cm³/mol. The highest BCUT2D eigenvalue weighted by Crippen LogP contribution is 2.40. The van der Waals surface area contributed by atoms with E-state index in [-0.39, 0.29) is 11.3 Å². The summed E-state index contributed by atoms with van der Waals surface area (Å²) >= 11 is 0. The maximum absolute atomic E-state index is 13.3. The van der Waals surface area contributed by atoms with Gasteiger partial charge in [0.2, 0.25) is 0 Å². The van der Waals surface area contributed by atoms with Crippen LogP contribution in [0.5, 0.6) is 5.75 Å². The molecule has 0 aliphatic heterocycles. The number of hydrogen-bond acceptors (Lipinski definition) is 2. The fourth-order valence-electron chi connectivity index (χ4n) is 1.58. The minimum atomic E-state index is -2.99. The third kappa shape index (κ3) is 2.50. The number of hydrogen-bond donors (Lipinski definition) is 1. The highest BCUT2D eigenvalue weighted by molar-refractivity contribution is 5.46. The average molecular weight is 230 g/mol. The Hall–Kier alpha value is -1.16. The summed E-state index contributed by atoms with van der Waals surface area (Å²) in [5.74, 6) is -2.95. The number of aliphatic hydroxyl groups is 1. The molecule has 0 atom stereocenters. The van der Waals surface area contributed by atoms with Gasteiger partial charge in [0.25, 0.3) is 5.92 Å². The van der Waals surface area contributed by atoms with Crippen LogP contribution in [0.4, 0.5) is 8.78 Å². The maximum atomic E-state index is 13.3. The van der Waals surface area contributed by atoms with E-state index >= 15 is 0 Å². The molecule has 0 bridgehead atoms. The molecule has 0 fully saturated rings. The van der Waals surface area contributed by atoms with Crippen LogP contribution in [-0.2, 0) is 11.5 Å². The summed E-state index contributed by atoms with van der Waals surface area (Å²) in [4.78, 5) is 0. The molecule has 1 rings (SSSR count). The second-order valence-corrected chi connectivity index (χ2v) is 4.33. The van der Waals surface area contributed by atoms with Crippen molar-refractivity contribution in [2.24, 2.45) is 0 Å². The van der Waals surface area contributed by atoms with Crippen molar-refractivity contribution in [1.82, 2.24) is 0 Å². The van der Waals surface area contributed by atoms with Crippen LogP contribution in [0.2, 0.25) is 0 Å². The lowest BCUT2D eigenvalue weighted by Crippen LogP contribution is -2.19. The van der Waals surface area contributed by atoms with Crippen LogP contribution in [0.25, 0.3) is 0 Å². The monoisotopic (exact) mass is 230 g/mol. The Morgan fingerprint density at radius 1 is 1.12 bits per heavy atom. The Morgan fingerprint density at radius 3 is 2.00 bits per heavy atom. The summed E-state index contributed by atoms with van der Waals surface area (Å²) in [7, 11) is 1.32. The van der Waals surface area contributed by atoms with E-state index in [9.17, 15) is 13.9 Å². The third-order valence-electron chi connectivity index (χ3n) is 2.35. The summed E-state index contributed by atoms with van der Waals surface area (Å²) in [5, 5.41) is 9.87. The quantitative estimate of drug-likeness (QED) is 0.864. The van der Waals surface area contributed by atoms with Gasteiger partial charge in [-0.25, -0.2) is 8.78 Å². The zero-order valence-corrected chi connectivity index (χ0v) is 9.84. The highest BCUT2D eigenvalue weighted by Gasteiger charge is 2.32. The number of para-hydroxylation sites is 1. The molecule has 0 amide bonds. The van der Waals surface area contributed by atoms with Gasteiger partial charge in [-0.1, -0.05) is 12.1 Å². The Morgan fingerprint density at radius 2 is 1.62 bits per heavy atom. The second kappa shape index (κ2) is 4.01. The van der Waals surface area contributed by atoms with E-state index in [4.69, 9.17) is 4.74 Å². The van der Waals surface area contributed by atoms with E-state index in [0.29, 0.717) is 5.56 Å². The number of ether oxygens (including phenoxy) is 1. The number of rotatable bonds is 3. The van der Waals surface area contributed by atoms with E-state index in [1.807, 2.05) is 0 Å². The van der Waals surface area contributed by atoms with E-state index in [2.05, 4.69) is 0 Å². The SMILES string of the molecule is COc1c(C(C)(C)O)cccc1C(C)(F)F. The fourth-order valence-corrected chi connectivity index (χ4v) is 1.58. The lowest BCUT2D eigenvalue weighted by Gasteiger charge is -2.24. The first-order valence-corrected chi connectivity index (χ1v) is 4.96. The standard InChI is InChI=1S/C12H16F2O2/c1-11(2,15)8-6-5-7-9(10(8)16-4)12(3,13)14/h5-7,15H,1-4H3. The molecule has 16 heavy (non-hydrogen) atoms. The van der Waals surface area contributed by atoms with Crippen molar-refractivity contribution in [2.75, 3.05) is 7.11 Å². The number of alkyl halides is 2. The van der Waals surface area contributed by atoms with Crippen LogP contribution in [-0.4, -0.2) is 12.2 Å². The molecular formula is C12H16F2O2. The number of methoxy groups -OCH3 is 1. The fraction of sp³-hybridized carbons (Fsp3) is 0.500. The molecule has 2 nitrogen and oxygen atoms in total. The summed E-state index contributed by atoms with van der Waals surface area (Å²) in [5.41, 5.74) is -1.07. The molecule has 4 heteroatoms. The maximum Gasteiger partial charge on any atom is 0.274 e. The molecule has 0 aromatic heterocycles. The molecular weight excluding hydrogens is 214 g/mol. The van der Waals surface area contributed by atoms with Crippen LogP contribution in [0.1, 0.15) is 31.9 Å². The van der Waals surface area contributed by atoms with E-state index in [1.54, 1.807) is 6.07 Å². The molecule has 0 saturated heterocycles. The Balaban J connectivity index is 3.45. The van der Waals surface area contributed by atoms with Crippen LogP contribution < -0.4 is 4.74 Å². The van der Waals surface area contributed by atoms with Crippen LogP contribution >= 0.6 is 0 Å². The topological polar surface area (TPSA) is 29.5 Å². The normalized spacial score (nSPS) is 12.7.